The monoisotopic (exact) mass is 250 g/mol. The first kappa shape index (κ1) is 12.8. The fourth-order valence-corrected chi connectivity index (χ4v) is 3.08. The van der Waals surface area contributed by atoms with Gasteiger partial charge in [-0.25, -0.2) is 0 Å². The molecule has 1 saturated heterocycles. The van der Waals surface area contributed by atoms with Gasteiger partial charge >= 0.3 is 0 Å². The molecule has 2 nitrogen and oxygen atoms in total. The maximum Gasteiger partial charge on any atom is 0.0412 e. The molecule has 0 atom stereocenters. The average Bonchev–Trinajstić information content (AvgIpc) is 2.41. The zero-order chi connectivity index (χ0) is 11.9. The van der Waals surface area contributed by atoms with Crippen molar-refractivity contribution in [3.8, 4) is 0 Å². The molecule has 0 amide bonds. The van der Waals surface area contributed by atoms with Crippen LogP contribution in [0.15, 0.2) is 24.3 Å². The quantitative estimate of drug-likeness (QED) is 0.809. The molecule has 0 unspecified atom stereocenters. The number of hydrogen-bond donors (Lipinski definition) is 1. The second kappa shape index (κ2) is 6.92. The Labute approximate surface area is 109 Å². The van der Waals surface area contributed by atoms with Gasteiger partial charge in [-0.15, -0.1) is 0 Å². The van der Waals surface area contributed by atoms with E-state index in [2.05, 4.69) is 53.2 Å². The van der Waals surface area contributed by atoms with E-state index in [9.17, 15) is 0 Å². The van der Waals surface area contributed by atoms with Gasteiger partial charge in [0.15, 0.2) is 0 Å². The van der Waals surface area contributed by atoms with Gasteiger partial charge in [-0.3, -0.25) is 0 Å². The Morgan fingerprint density at radius 1 is 1.24 bits per heavy atom. The summed E-state index contributed by atoms with van der Waals surface area (Å²) in [5.74, 6) is 2.52. The van der Waals surface area contributed by atoms with Crippen molar-refractivity contribution in [2.75, 3.05) is 36.0 Å². The first-order valence-electron chi connectivity index (χ1n) is 6.53. The van der Waals surface area contributed by atoms with Crippen LogP contribution in [-0.2, 0) is 6.54 Å². The van der Waals surface area contributed by atoms with E-state index in [0.717, 1.165) is 13.1 Å². The highest BCUT2D eigenvalue weighted by atomic mass is 32.2. The van der Waals surface area contributed by atoms with Crippen LogP contribution < -0.4 is 10.2 Å². The molecule has 1 fully saturated rings. The maximum atomic E-state index is 3.50. The van der Waals surface area contributed by atoms with E-state index in [1.54, 1.807) is 0 Å². The van der Waals surface area contributed by atoms with Gasteiger partial charge in [-0.05, 0) is 24.6 Å². The number of nitrogens with zero attached hydrogens (tertiary/aromatic N) is 1. The molecule has 0 aromatic heterocycles. The molecule has 1 aromatic rings. The van der Waals surface area contributed by atoms with Gasteiger partial charge < -0.3 is 10.2 Å². The van der Waals surface area contributed by atoms with Gasteiger partial charge in [-0.2, -0.15) is 11.8 Å². The third-order valence-electron chi connectivity index (χ3n) is 3.09. The second-order valence-electron chi connectivity index (χ2n) is 4.40. The molecule has 0 radical (unpaired) electrons. The van der Waals surface area contributed by atoms with Crippen LogP contribution in [-0.4, -0.2) is 31.1 Å². The van der Waals surface area contributed by atoms with Crippen molar-refractivity contribution in [3.05, 3.63) is 29.8 Å². The number of para-hydroxylation sites is 1. The molecule has 3 heteroatoms. The van der Waals surface area contributed by atoms with E-state index < -0.39 is 0 Å². The summed E-state index contributed by atoms with van der Waals surface area (Å²) in [6.07, 6.45) is 1.20. The zero-order valence-electron chi connectivity index (χ0n) is 10.6. The maximum absolute atomic E-state index is 3.50. The third kappa shape index (κ3) is 3.65. The Kier molecular flexibility index (Phi) is 5.20. The summed E-state index contributed by atoms with van der Waals surface area (Å²) in [5.41, 5.74) is 2.87. The Morgan fingerprint density at radius 2 is 2.00 bits per heavy atom. The van der Waals surface area contributed by atoms with Crippen LogP contribution in [0.3, 0.4) is 0 Å². The minimum atomic E-state index is 0.994. The summed E-state index contributed by atoms with van der Waals surface area (Å²) < 4.78 is 0. The highest BCUT2D eigenvalue weighted by Gasteiger charge is 2.13. The van der Waals surface area contributed by atoms with Crippen molar-refractivity contribution < 1.29 is 0 Å². The summed E-state index contributed by atoms with van der Waals surface area (Å²) in [6, 6.07) is 8.81. The summed E-state index contributed by atoms with van der Waals surface area (Å²) in [7, 11) is 0. The number of nitrogens with one attached hydrogen (secondary N) is 1. The summed E-state index contributed by atoms with van der Waals surface area (Å²) in [4.78, 5) is 2.53. The van der Waals surface area contributed by atoms with Gasteiger partial charge in [0.25, 0.3) is 0 Å². The molecule has 1 aliphatic rings. The summed E-state index contributed by atoms with van der Waals surface area (Å²) in [6.45, 7) is 6.68. The lowest BCUT2D eigenvalue weighted by molar-refractivity contribution is 0.673. The lowest BCUT2D eigenvalue weighted by atomic mass is 10.1. The van der Waals surface area contributed by atoms with Crippen LogP contribution in [0.2, 0.25) is 0 Å². The summed E-state index contributed by atoms with van der Waals surface area (Å²) in [5, 5.41) is 3.50. The molecule has 0 spiro atoms. The van der Waals surface area contributed by atoms with Crippen LogP contribution in [0.5, 0.6) is 0 Å². The van der Waals surface area contributed by atoms with Crippen LogP contribution >= 0.6 is 11.8 Å². The first-order valence-corrected chi connectivity index (χ1v) is 7.68. The third-order valence-corrected chi connectivity index (χ3v) is 4.03. The van der Waals surface area contributed by atoms with Gasteiger partial charge in [-0.1, -0.05) is 25.1 Å². The van der Waals surface area contributed by atoms with Gasteiger partial charge in [0.1, 0.15) is 0 Å². The van der Waals surface area contributed by atoms with Crippen LogP contribution in [0.25, 0.3) is 0 Å². The molecule has 1 N–H and O–H groups in total. The number of rotatable bonds is 5. The predicted molar refractivity (Wildman–Crippen MR) is 78.0 cm³/mol. The highest BCUT2D eigenvalue weighted by molar-refractivity contribution is 7.99. The van der Waals surface area contributed by atoms with Crippen LogP contribution in [0.4, 0.5) is 5.69 Å². The van der Waals surface area contributed by atoms with E-state index in [4.69, 9.17) is 0 Å². The SMILES string of the molecule is CCCNCc1ccccc1N1CCSCC1. The minimum Gasteiger partial charge on any atom is -0.370 e. The van der Waals surface area contributed by atoms with Crippen molar-refractivity contribution in [1.29, 1.82) is 0 Å². The van der Waals surface area contributed by atoms with Gasteiger partial charge in [0.05, 0.1) is 0 Å². The van der Waals surface area contributed by atoms with Crippen molar-refractivity contribution in [2.45, 2.75) is 19.9 Å². The molecule has 0 saturated carbocycles. The van der Waals surface area contributed by atoms with Gasteiger partial charge in [0.2, 0.25) is 0 Å². The molecular weight excluding hydrogens is 228 g/mol. The molecule has 1 aliphatic heterocycles. The molecule has 17 heavy (non-hydrogen) atoms. The fraction of sp³-hybridized carbons (Fsp3) is 0.571. The van der Waals surface area contributed by atoms with Crippen LogP contribution in [0, 0.1) is 0 Å². The lowest BCUT2D eigenvalue weighted by Crippen LogP contribution is -2.33. The second-order valence-corrected chi connectivity index (χ2v) is 5.63. The molecule has 1 aromatic carbocycles. The zero-order valence-corrected chi connectivity index (χ0v) is 11.4. The van der Waals surface area contributed by atoms with Crippen molar-refractivity contribution in [1.82, 2.24) is 5.32 Å². The van der Waals surface area contributed by atoms with Crippen molar-refractivity contribution in [2.24, 2.45) is 0 Å². The van der Waals surface area contributed by atoms with E-state index in [1.165, 1.54) is 42.3 Å². The molecular formula is C14H22N2S. The standard InChI is InChI=1S/C14H22N2S/c1-2-7-15-12-13-5-3-4-6-14(13)16-8-10-17-11-9-16/h3-6,15H,2,7-12H2,1H3. The number of anilines is 1. The molecule has 1 heterocycles. The van der Waals surface area contributed by atoms with Crippen molar-refractivity contribution in [3.63, 3.8) is 0 Å². The Bertz CT molecular complexity index is 335. The molecule has 94 valence electrons. The largest absolute Gasteiger partial charge is 0.370 e. The molecule has 0 aliphatic carbocycles. The van der Waals surface area contributed by atoms with Crippen molar-refractivity contribution >= 4 is 17.4 Å². The summed E-state index contributed by atoms with van der Waals surface area (Å²) >= 11 is 2.06. The highest BCUT2D eigenvalue weighted by Crippen LogP contribution is 2.23. The molecule has 2 rings (SSSR count). The van der Waals surface area contributed by atoms with E-state index >= 15 is 0 Å². The average molecular weight is 250 g/mol. The number of thioether (sulfide) groups is 1. The van der Waals surface area contributed by atoms with E-state index in [1.807, 2.05) is 0 Å². The Hall–Kier alpha value is -0.670. The fourth-order valence-electron chi connectivity index (χ4n) is 2.17. The van der Waals surface area contributed by atoms with E-state index in [-0.39, 0.29) is 0 Å². The molecule has 0 bridgehead atoms. The smallest absolute Gasteiger partial charge is 0.0412 e. The van der Waals surface area contributed by atoms with Crippen LogP contribution in [0.1, 0.15) is 18.9 Å². The first-order chi connectivity index (χ1) is 8.42. The minimum absolute atomic E-state index is 0.994. The number of hydrogen-bond acceptors (Lipinski definition) is 3. The topological polar surface area (TPSA) is 15.3 Å². The normalized spacial score (nSPS) is 16.2. The lowest BCUT2D eigenvalue weighted by Gasteiger charge is -2.30. The Balaban J connectivity index is 2.03. The number of benzene rings is 1. The Morgan fingerprint density at radius 3 is 2.76 bits per heavy atom. The predicted octanol–water partition coefficient (Wildman–Crippen LogP) is 2.74. The van der Waals surface area contributed by atoms with E-state index in [0.29, 0.717) is 0 Å². The van der Waals surface area contributed by atoms with Gasteiger partial charge in [0, 0.05) is 36.8 Å².